The van der Waals surface area contributed by atoms with Crippen LogP contribution in [0.3, 0.4) is 0 Å². The lowest BCUT2D eigenvalue weighted by molar-refractivity contribution is 0.547. The van der Waals surface area contributed by atoms with Crippen molar-refractivity contribution in [3.63, 3.8) is 0 Å². The third-order valence-electron chi connectivity index (χ3n) is 5.13. The molecule has 0 aromatic heterocycles. The lowest BCUT2D eigenvalue weighted by Crippen LogP contribution is -2.39. The van der Waals surface area contributed by atoms with Gasteiger partial charge in [0.2, 0.25) is 20.0 Å². The van der Waals surface area contributed by atoms with E-state index in [1.807, 2.05) is 30.3 Å². The van der Waals surface area contributed by atoms with Crippen molar-refractivity contribution in [1.82, 2.24) is 4.72 Å². The minimum Gasteiger partial charge on any atom is -0.274 e. The molecule has 1 N–H and O–H groups in total. The SMILES string of the molecule is CC(C)S(=O)(=O)NC1Cc2ccc(-c3cccc(N(C)S(C)(=O)=O)c3)cc2C1. The molecule has 1 aliphatic rings. The summed E-state index contributed by atoms with van der Waals surface area (Å²) in [5, 5.41) is -0.457. The number of rotatable bonds is 6. The molecule has 0 fully saturated rings. The van der Waals surface area contributed by atoms with E-state index in [1.54, 1.807) is 19.9 Å². The van der Waals surface area contributed by atoms with E-state index in [2.05, 4.69) is 10.8 Å². The Balaban J connectivity index is 1.85. The normalized spacial score (nSPS) is 17.0. The molecule has 2 aromatic carbocycles. The Morgan fingerprint density at radius 3 is 2.25 bits per heavy atom. The number of fused-ring (bicyclic) bond motifs is 1. The molecule has 28 heavy (non-hydrogen) atoms. The number of hydrogen-bond donors (Lipinski definition) is 1. The molecule has 0 aliphatic heterocycles. The molecule has 6 nitrogen and oxygen atoms in total. The van der Waals surface area contributed by atoms with E-state index >= 15 is 0 Å². The van der Waals surface area contributed by atoms with Crippen molar-refractivity contribution in [2.75, 3.05) is 17.6 Å². The average Bonchev–Trinajstić information content (AvgIpc) is 3.00. The molecule has 8 heteroatoms. The van der Waals surface area contributed by atoms with Gasteiger partial charge in [-0.1, -0.05) is 30.3 Å². The molecule has 152 valence electrons. The van der Waals surface area contributed by atoms with Crippen LogP contribution in [0.5, 0.6) is 0 Å². The summed E-state index contributed by atoms with van der Waals surface area (Å²) in [6, 6.07) is 13.3. The molecule has 0 bridgehead atoms. The first kappa shape index (κ1) is 20.8. The van der Waals surface area contributed by atoms with E-state index < -0.39 is 25.3 Å². The fourth-order valence-electron chi connectivity index (χ4n) is 3.32. The van der Waals surface area contributed by atoms with Crippen LogP contribution in [0.25, 0.3) is 11.1 Å². The number of nitrogens with zero attached hydrogens (tertiary/aromatic N) is 1. The number of nitrogens with one attached hydrogen (secondary N) is 1. The van der Waals surface area contributed by atoms with Gasteiger partial charge in [0.05, 0.1) is 17.2 Å². The third kappa shape index (κ3) is 4.39. The highest BCUT2D eigenvalue weighted by Crippen LogP contribution is 2.30. The van der Waals surface area contributed by atoms with Gasteiger partial charge in [-0.15, -0.1) is 0 Å². The molecular formula is C20H26N2O4S2. The predicted molar refractivity (Wildman–Crippen MR) is 114 cm³/mol. The molecule has 1 unspecified atom stereocenters. The molecule has 0 spiro atoms. The highest BCUT2D eigenvalue weighted by atomic mass is 32.2. The summed E-state index contributed by atoms with van der Waals surface area (Å²) >= 11 is 0. The highest BCUT2D eigenvalue weighted by Gasteiger charge is 2.27. The summed E-state index contributed by atoms with van der Waals surface area (Å²) in [6.45, 7) is 3.34. The van der Waals surface area contributed by atoms with Gasteiger partial charge < -0.3 is 0 Å². The first-order chi connectivity index (χ1) is 13.0. The lowest BCUT2D eigenvalue weighted by atomic mass is 10.0. The van der Waals surface area contributed by atoms with E-state index in [0.29, 0.717) is 18.5 Å². The zero-order valence-corrected chi connectivity index (χ0v) is 18.1. The van der Waals surface area contributed by atoms with Gasteiger partial charge in [-0.2, -0.15) is 0 Å². The quantitative estimate of drug-likeness (QED) is 0.775. The van der Waals surface area contributed by atoms with Crippen LogP contribution in [0.15, 0.2) is 42.5 Å². The Morgan fingerprint density at radius 2 is 1.61 bits per heavy atom. The zero-order chi connectivity index (χ0) is 20.7. The summed E-state index contributed by atoms with van der Waals surface area (Å²) in [6.07, 6.45) is 2.50. The zero-order valence-electron chi connectivity index (χ0n) is 16.5. The summed E-state index contributed by atoms with van der Waals surface area (Å²) in [5.41, 5.74) is 4.76. The standard InChI is InChI=1S/C20H26N2O4S2/c1-14(2)28(25,26)21-19-11-17-9-8-16(10-18(17)12-19)15-6-5-7-20(13-15)22(3)27(4,23)24/h5-10,13-14,19,21H,11-12H2,1-4H3. The van der Waals surface area contributed by atoms with Crippen molar-refractivity contribution in [3.8, 4) is 11.1 Å². The van der Waals surface area contributed by atoms with Crippen LogP contribution < -0.4 is 9.03 Å². The fraction of sp³-hybridized carbons (Fsp3) is 0.400. The number of sulfonamides is 2. The molecule has 0 amide bonds. The maximum absolute atomic E-state index is 12.1. The average molecular weight is 423 g/mol. The molecule has 2 aromatic rings. The van der Waals surface area contributed by atoms with Crippen molar-refractivity contribution in [2.24, 2.45) is 0 Å². The Bertz CT molecular complexity index is 1090. The Labute approximate surface area is 167 Å². The monoisotopic (exact) mass is 422 g/mol. The second kappa shape index (κ2) is 7.50. The van der Waals surface area contributed by atoms with Gasteiger partial charge in [0.15, 0.2) is 0 Å². The first-order valence-corrected chi connectivity index (χ1v) is 12.5. The van der Waals surface area contributed by atoms with E-state index in [1.165, 1.54) is 17.6 Å². The van der Waals surface area contributed by atoms with Gasteiger partial charge in [-0.3, -0.25) is 4.31 Å². The maximum atomic E-state index is 12.1. The number of hydrogen-bond acceptors (Lipinski definition) is 4. The van der Waals surface area contributed by atoms with Gasteiger partial charge in [0, 0.05) is 13.1 Å². The van der Waals surface area contributed by atoms with E-state index in [0.717, 1.165) is 22.3 Å². The largest absolute Gasteiger partial charge is 0.274 e. The molecule has 3 rings (SSSR count). The Hall–Kier alpha value is -1.90. The first-order valence-electron chi connectivity index (χ1n) is 9.14. The molecule has 0 saturated heterocycles. The van der Waals surface area contributed by atoms with Crippen molar-refractivity contribution in [2.45, 2.75) is 38.0 Å². The summed E-state index contributed by atoms with van der Waals surface area (Å²) in [4.78, 5) is 0. The number of anilines is 1. The van der Waals surface area contributed by atoms with Gasteiger partial charge in [0.1, 0.15) is 0 Å². The van der Waals surface area contributed by atoms with Crippen LogP contribution in [0.1, 0.15) is 25.0 Å². The topological polar surface area (TPSA) is 83.6 Å². The Kier molecular flexibility index (Phi) is 5.58. The Morgan fingerprint density at radius 1 is 0.964 bits per heavy atom. The van der Waals surface area contributed by atoms with E-state index in [4.69, 9.17) is 0 Å². The van der Waals surface area contributed by atoms with E-state index in [9.17, 15) is 16.8 Å². The molecule has 1 atom stereocenters. The highest BCUT2D eigenvalue weighted by molar-refractivity contribution is 7.92. The van der Waals surface area contributed by atoms with Crippen LogP contribution in [-0.4, -0.2) is 41.4 Å². The van der Waals surface area contributed by atoms with Gasteiger partial charge >= 0.3 is 0 Å². The second-order valence-electron chi connectivity index (χ2n) is 7.58. The van der Waals surface area contributed by atoms with Gasteiger partial charge in [-0.25, -0.2) is 21.6 Å². The minimum atomic E-state index is -3.33. The molecule has 0 heterocycles. The predicted octanol–water partition coefficient (Wildman–Crippen LogP) is 2.54. The third-order valence-corrected chi connectivity index (χ3v) is 8.24. The van der Waals surface area contributed by atoms with Crippen molar-refractivity contribution >= 4 is 25.7 Å². The smallest absolute Gasteiger partial charge is 0.231 e. The van der Waals surface area contributed by atoms with Crippen molar-refractivity contribution in [3.05, 3.63) is 53.6 Å². The van der Waals surface area contributed by atoms with Gasteiger partial charge in [0.25, 0.3) is 0 Å². The van der Waals surface area contributed by atoms with Crippen LogP contribution in [0.2, 0.25) is 0 Å². The van der Waals surface area contributed by atoms with Crippen LogP contribution in [0.4, 0.5) is 5.69 Å². The number of benzene rings is 2. The van der Waals surface area contributed by atoms with Gasteiger partial charge in [-0.05, 0) is 61.1 Å². The molecule has 1 aliphatic carbocycles. The van der Waals surface area contributed by atoms with Crippen LogP contribution >= 0.6 is 0 Å². The minimum absolute atomic E-state index is 0.125. The lowest BCUT2D eigenvalue weighted by Gasteiger charge is -2.17. The molecule has 0 saturated carbocycles. The van der Waals surface area contributed by atoms with Crippen LogP contribution in [0, 0.1) is 0 Å². The molecular weight excluding hydrogens is 396 g/mol. The van der Waals surface area contributed by atoms with Crippen LogP contribution in [-0.2, 0) is 32.9 Å². The molecule has 0 radical (unpaired) electrons. The maximum Gasteiger partial charge on any atom is 0.231 e. The van der Waals surface area contributed by atoms with Crippen molar-refractivity contribution in [1.29, 1.82) is 0 Å². The van der Waals surface area contributed by atoms with Crippen molar-refractivity contribution < 1.29 is 16.8 Å². The second-order valence-corrected chi connectivity index (χ2v) is 11.9. The fourth-order valence-corrected chi connectivity index (χ4v) is 4.72. The summed E-state index contributed by atoms with van der Waals surface area (Å²) in [5.74, 6) is 0. The summed E-state index contributed by atoms with van der Waals surface area (Å²) in [7, 11) is -5.10. The van der Waals surface area contributed by atoms with E-state index in [-0.39, 0.29) is 6.04 Å². The summed E-state index contributed by atoms with van der Waals surface area (Å²) < 4.78 is 51.9.